The zero-order valence-corrected chi connectivity index (χ0v) is 17.2. The number of carbonyl (C=O) groups is 1. The van der Waals surface area contributed by atoms with Crippen molar-refractivity contribution in [3.63, 3.8) is 0 Å². The number of aromatic nitrogens is 7. The average Bonchev–Trinajstić information content (AvgIpc) is 3.34. The molecule has 0 saturated heterocycles. The third-order valence-corrected chi connectivity index (χ3v) is 5.27. The maximum Gasteiger partial charge on any atom is 0.275 e. The lowest BCUT2D eigenvalue weighted by molar-refractivity contribution is 0.102. The van der Waals surface area contributed by atoms with Crippen molar-refractivity contribution in [3.8, 4) is 11.5 Å². The van der Waals surface area contributed by atoms with E-state index in [0.717, 1.165) is 15.3 Å². The molecule has 4 aromatic heterocycles. The fourth-order valence-corrected chi connectivity index (χ4v) is 3.55. The monoisotopic (exact) mass is 409 g/mol. The summed E-state index contributed by atoms with van der Waals surface area (Å²) in [5.41, 5.74) is 1.63. The molecule has 0 fully saturated rings. The summed E-state index contributed by atoms with van der Waals surface area (Å²) in [5, 5.41) is 15.4. The quantitative estimate of drug-likeness (QED) is 0.535. The summed E-state index contributed by atoms with van der Waals surface area (Å²) in [5.74, 6) is 0.585. The Labute approximate surface area is 170 Å². The van der Waals surface area contributed by atoms with E-state index in [1.807, 2.05) is 32.8 Å². The Morgan fingerprint density at radius 2 is 2.07 bits per heavy atom. The van der Waals surface area contributed by atoms with E-state index in [1.165, 1.54) is 11.3 Å². The van der Waals surface area contributed by atoms with Crippen molar-refractivity contribution in [1.29, 1.82) is 0 Å². The van der Waals surface area contributed by atoms with Crippen LogP contribution in [0.5, 0.6) is 0 Å². The first kappa shape index (κ1) is 18.9. The highest BCUT2D eigenvalue weighted by Crippen LogP contribution is 2.27. The van der Waals surface area contributed by atoms with E-state index in [2.05, 4.69) is 35.8 Å². The van der Waals surface area contributed by atoms with E-state index >= 15 is 0 Å². The maximum absolute atomic E-state index is 12.7. The van der Waals surface area contributed by atoms with Gasteiger partial charge in [0.2, 0.25) is 5.82 Å². The molecule has 0 unspecified atom stereocenters. The van der Waals surface area contributed by atoms with Crippen LogP contribution in [0.15, 0.2) is 30.5 Å². The largest absolute Gasteiger partial charge is 0.354 e. The van der Waals surface area contributed by atoms with Gasteiger partial charge in [-0.15, -0.1) is 5.10 Å². The Kier molecular flexibility index (Phi) is 4.89. The number of anilines is 2. The van der Waals surface area contributed by atoms with E-state index < -0.39 is 0 Å². The van der Waals surface area contributed by atoms with Crippen LogP contribution < -0.4 is 10.2 Å². The third-order valence-electron chi connectivity index (χ3n) is 4.08. The molecule has 0 aromatic carbocycles. The number of hydrogen-bond donors (Lipinski definition) is 1. The zero-order valence-electron chi connectivity index (χ0n) is 16.4. The third kappa shape index (κ3) is 3.76. The number of pyridine rings is 2. The number of nitrogens with one attached hydrogen (secondary N) is 1. The molecular formula is C18H19N9OS. The molecule has 29 heavy (non-hydrogen) atoms. The second kappa shape index (κ2) is 7.51. The molecule has 0 bridgehead atoms. The van der Waals surface area contributed by atoms with Crippen LogP contribution in [0.1, 0.15) is 30.4 Å². The van der Waals surface area contributed by atoms with Gasteiger partial charge in [0.15, 0.2) is 5.13 Å². The van der Waals surface area contributed by atoms with Gasteiger partial charge in [-0.2, -0.15) is 0 Å². The predicted molar refractivity (Wildman–Crippen MR) is 111 cm³/mol. The lowest BCUT2D eigenvalue weighted by atomic mass is 10.3. The lowest BCUT2D eigenvalue weighted by Gasteiger charge is -2.09. The van der Waals surface area contributed by atoms with Gasteiger partial charge in [-0.25, -0.2) is 19.6 Å². The average molecular weight is 409 g/mol. The van der Waals surface area contributed by atoms with Crippen molar-refractivity contribution in [1.82, 2.24) is 35.2 Å². The Balaban J connectivity index is 1.58. The molecule has 4 aromatic rings. The molecule has 0 saturated carbocycles. The summed E-state index contributed by atoms with van der Waals surface area (Å²) >= 11 is 1.50. The number of hydrogen-bond acceptors (Lipinski definition) is 9. The number of fused-ring (bicyclic) bond motifs is 1. The van der Waals surface area contributed by atoms with Crippen LogP contribution in [0.25, 0.3) is 21.7 Å². The smallest absolute Gasteiger partial charge is 0.275 e. The summed E-state index contributed by atoms with van der Waals surface area (Å²) in [6, 6.07) is 7.12. The molecule has 148 valence electrons. The second-order valence-corrected chi connectivity index (χ2v) is 7.84. The summed E-state index contributed by atoms with van der Waals surface area (Å²) in [6.07, 6.45) is 1.61. The first-order valence-electron chi connectivity index (χ1n) is 8.93. The van der Waals surface area contributed by atoms with Crippen LogP contribution in [0.2, 0.25) is 0 Å². The molecule has 11 heteroatoms. The highest BCUT2D eigenvalue weighted by molar-refractivity contribution is 7.22. The van der Waals surface area contributed by atoms with Gasteiger partial charge in [-0.05, 0) is 42.5 Å². The number of nitrogens with zero attached hydrogens (tertiary/aromatic N) is 8. The SMILES string of the molecule is CC(C)n1nnnc1-c1cccc(NC(=O)c2cc3sc(N(C)C)nc3cn2)n1. The van der Waals surface area contributed by atoms with Crippen molar-refractivity contribution in [2.24, 2.45) is 0 Å². The van der Waals surface area contributed by atoms with Crippen LogP contribution in [-0.4, -0.2) is 55.2 Å². The van der Waals surface area contributed by atoms with Crippen LogP contribution >= 0.6 is 11.3 Å². The Morgan fingerprint density at radius 1 is 1.24 bits per heavy atom. The van der Waals surface area contributed by atoms with Gasteiger partial charge >= 0.3 is 0 Å². The van der Waals surface area contributed by atoms with Gasteiger partial charge in [0.05, 0.1) is 16.9 Å². The van der Waals surface area contributed by atoms with Crippen molar-refractivity contribution < 1.29 is 4.79 Å². The number of amides is 1. The molecule has 0 atom stereocenters. The van der Waals surface area contributed by atoms with Crippen molar-refractivity contribution in [2.75, 3.05) is 24.3 Å². The van der Waals surface area contributed by atoms with E-state index in [0.29, 0.717) is 23.0 Å². The topological polar surface area (TPSA) is 115 Å². The van der Waals surface area contributed by atoms with E-state index in [1.54, 1.807) is 35.1 Å². The van der Waals surface area contributed by atoms with Crippen LogP contribution in [-0.2, 0) is 0 Å². The molecular weight excluding hydrogens is 390 g/mol. The second-order valence-electron chi connectivity index (χ2n) is 6.83. The summed E-state index contributed by atoms with van der Waals surface area (Å²) in [4.78, 5) is 27.8. The zero-order chi connectivity index (χ0) is 20.5. The predicted octanol–water partition coefficient (Wildman–Crippen LogP) is 2.64. The number of rotatable bonds is 5. The Morgan fingerprint density at radius 3 is 2.83 bits per heavy atom. The van der Waals surface area contributed by atoms with Crippen LogP contribution in [0.3, 0.4) is 0 Å². The van der Waals surface area contributed by atoms with Gasteiger partial charge in [-0.1, -0.05) is 17.4 Å². The van der Waals surface area contributed by atoms with Gasteiger partial charge in [0, 0.05) is 14.1 Å². The van der Waals surface area contributed by atoms with Crippen molar-refractivity contribution in [2.45, 2.75) is 19.9 Å². The van der Waals surface area contributed by atoms with E-state index in [-0.39, 0.29) is 11.9 Å². The standard InChI is InChI=1S/C18H19N9OS/c1-10(2)27-16(23-24-25-27)11-6-5-7-15(20-11)22-17(28)12-8-14-13(9-19-12)21-18(29-14)26(3)4/h5-10H,1-4H3,(H,20,22,28). The molecule has 1 amide bonds. The summed E-state index contributed by atoms with van der Waals surface area (Å²) in [6.45, 7) is 3.96. The highest BCUT2D eigenvalue weighted by Gasteiger charge is 2.15. The summed E-state index contributed by atoms with van der Waals surface area (Å²) < 4.78 is 2.57. The van der Waals surface area contributed by atoms with Crippen molar-refractivity contribution in [3.05, 3.63) is 36.2 Å². The summed E-state index contributed by atoms with van der Waals surface area (Å²) in [7, 11) is 3.85. The van der Waals surface area contributed by atoms with Crippen molar-refractivity contribution >= 4 is 38.4 Å². The molecule has 0 spiro atoms. The minimum absolute atomic E-state index is 0.0856. The minimum atomic E-state index is -0.347. The first-order valence-corrected chi connectivity index (χ1v) is 9.74. The van der Waals surface area contributed by atoms with Gasteiger partial charge in [0.1, 0.15) is 22.7 Å². The number of tetrazole rings is 1. The van der Waals surface area contributed by atoms with Crippen LogP contribution in [0.4, 0.5) is 10.9 Å². The van der Waals surface area contributed by atoms with Gasteiger partial charge in [0.25, 0.3) is 5.91 Å². The molecule has 10 nitrogen and oxygen atoms in total. The maximum atomic E-state index is 12.7. The normalized spacial score (nSPS) is 11.2. The Bertz CT molecular complexity index is 1180. The molecule has 0 radical (unpaired) electrons. The van der Waals surface area contributed by atoms with Gasteiger partial charge in [-0.3, -0.25) is 4.79 Å². The highest BCUT2D eigenvalue weighted by atomic mass is 32.1. The fraction of sp³-hybridized carbons (Fsp3) is 0.278. The molecule has 1 N–H and O–H groups in total. The Hall–Kier alpha value is -3.47. The van der Waals surface area contributed by atoms with E-state index in [4.69, 9.17) is 0 Å². The fourth-order valence-electron chi connectivity index (χ4n) is 2.65. The first-order chi connectivity index (χ1) is 13.9. The molecule has 0 aliphatic carbocycles. The van der Waals surface area contributed by atoms with Gasteiger partial charge < -0.3 is 10.2 Å². The molecule has 0 aliphatic rings. The lowest BCUT2D eigenvalue weighted by Crippen LogP contribution is -2.15. The molecule has 4 rings (SSSR count). The van der Waals surface area contributed by atoms with E-state index in [9.17, 15) is 4.79 Å². The number of carbonyl (C=O) groups excluding carboxylic acids is 1. The molecule has 4 heterocycles. The minimum Gasteiger partial charge on any atom is -0.354 e. The number of thiazole rings is 1. The molecule has 0 aliphatic heterocycles. The van der Waals surface area contributed by atoms with Crippen LogP contribution in [0, 0.1) is 0 Å².